The number of aromatic carboxylic acids is 1. The van der Waals surface area contributed by atoms with Gasteiger partial charge in [-0.3, -0.25) is 0 Å². The van der Waals surface area contributed by atoms with Gasteiger partial charge in [0.2, 0.25) is 5.69 Å². The summed E-state index contributed by atoms with van der Waals surface area (Å²) >= 11 is 5.59. The lowest BCUT2D eigenvalue weighted by Gasteiger charge is -1.97. The molecule has 0 bridgehead atoms. The van der Waals surface area contributed by atoms with E-state index in [0.29, 0.717) is 6.42 Å². The van der Waals surface area contributed by atoms with Crippen molar-refractivity contribution in [3.05, 3.63) is 20.8 Å². The van der Waals surface area contributed by atoms with Crippen LogP contribution in [0, 0.1) is 10.1 Å². The minimum atomic E-state index is -1.37. The first-order valence-electron chi connectivity index (χ1n) is 4.63. The molecule has 0 amide bonds. The Bertz CT molecular complexity index is 429. The topological polar surface area (TPSA) is 98.3 Å². The number of carboxylic acids is 1. The fourth-order valence-electron chi connectivity index (χ4n) is 1.21. The average molecular weight is 248 g/mol. The van der Waals surface area contributed by atoms with E-state index in [0.717, 1.165) is 11.1 Å². The van der Waals surface area contributed by atoms with Crippen LogP contribution in [0.4, 0.5) is 5.82 Å². The maximum Gasteiger partial charge on any atom is 0.364 e. The van der Waals surface area contributed by atoms with Crippen molar-refractivity contribution in [2.75, 3.05) is 0 Å². The van der Waals surface area contributed by atoms with E-state index < -0.39 is 27.4 Å². The van der Waals surface area contributed by atoms with Crippen LogP contribution >= 0.6 is 11.6 Å². The van der Waals surface area contributed by atoms with Crippen LogP contribution in [0.5, 0.6) is 0 Å². The van der Waals surface area contributed by atoms with Crippen LogP contribution in [0.15, 0.2) is 0 Å². The molecule has 16 heavy (non-hydrogen) atoms. The van der Waals surface area contributed by atoms with E-state index in [-0.39, 0.29) is 6.54 Å². The third-order valence-electron chi connectivity index (χ3n) is 1.97. The molecule has 0 radical (unpaired) electrons. The van der Waals surface area contributed by atoms with Crippen LogP contribution in [0.2, 0.25) is 5.02 Å². The van der Waals surface area contributed by atoms with E-state index in [1.807, 2.05) is 6.92 Å². The number of halogens is 1. The molecule has 1 rings (SSSR count). The normalized spacial score (nSPS) is 10.4. The molecule has 0 aliphatic rings. The minimum absolute atomic E-state index is 0.278. The predicted octanol–water partition coefficient (Wildman–Crippen LogP) is 1.94. The Hall–Kier alpha value is -1.63. The lowest BCUT2D eigenvalue weighted by atomic mass is 10.3. The number of rotatable bonds is 5. The van der Waals surface area contributed by atoms with Gasteiger partial charge in [0.1, 0.15) is 6.54 Å². The summed E-state index contributed by atoms with van der Waals surface area (Å²) in [5.41, 5.74) is -0.482. The maximum atomic E-state index is 10.7. The van der Waals surface area contributed by atoms with Crippen molar-refractivity contribution in [2.45, 2.75) is 26.3 Å². The maximum absolute atomic E-state index is 10.7. The van der Waals surface area contributed by atoms with Crippen LogP contribution < -0.4 is 0 Å². The Morgan fingerprint density at radius 1 is 1.69 bits per heavy atom. The largest absolute Gasteiger partial charge is 0.476 e. The van der Waals surface area contributed by atoms with E-state index in [9.17, 15) is 14.9 Å². The lowest BCUT2D eigenvalue weighted by molar-refractivity contribution is -0.392. The van der Waals surface area contributed by atoms with Crippen molar-refractivity contribution in [3.8, 4) is 0 Å². The van der Waals surface area contributed by atoms with Crippen molar-refractivity contribution in [1.82, 2.24) is 9.78 Å². The zero-order chi connectivity index (χ0) is 12.3. The second kappa shape index (κ2) is 4.93. The van der Waals surface area contributed by atoms with E-state index >= 15 is 0 Å². The molecular formula is C8H10ClN3O4. The Morgan fingerprint density at radius 3 is 2.75 bits per heavy atom. The molecule has 0 spiro atoms. The number of aromatic nitrogens is 2. The fraction of sp³-hybridized carbons (Fsp3) is 0.500. The SMILES string of the molecule is CCCCn1nc(C(=O)O)c(Cl)c1[N+](=O)[O-]. The molecule has 0 saturated carbocycles. The number of hydrogen-bond acceptors (Lipinski definition) is 4. The average Bonchev–Trinajstić information content (AvgIpc) is 2.52. The Labute approximate surface area is 95.8 Å². The van der Waals surface area contributed by atoms with Gasteiger partial charge in [0, 0.05) is 0 Å². The summed E-state index contributed by atoms with van der Waals surface area (Å²) in [5.74, 6) is -1.84. The summed E-state index contributed by atoms with van der Waals surface area (Å²) in [7, 11) is 0. The van der Waals surface area contributed by atoms with Gasteiger partial charge in [-0.1, -0.05) is 30.0 Å². The van der Waals surface area contributed by atoms with E-state index in [4.69, 9.17) is 16.7 Å². The zero-order valence-electron chi connectivity index (χ0n) is 8.51. The van der Waals surface area contributed by atoms with E-state index in [1.54, 1.807) is 0 Å². The van der Waals surface area contributed by atoms with Gasteiger partial charge in [-0.15, -0.1) is 4.68 Å². The molecule has 0 aliphatic carbocycles. The number of hydrogen-bond donors (Lipinski definition) is 1. The second-order valence-corrected chi connectivity index (χ2v) is 3.50. The van der Waals surface area contributed by atoms with Crippen molar-refractivity contribution in [1.29, 1.82) is 0 Å². The molecule has 1 heterocycles. The third-order valence-corrected chi connectivity index (χ3v) is 2.32. The van der Waals surface area contributed by atoms with Crippen LogP contribution in [-0.4, -0.2) is 25.8 Å². The highest BCUT2D eigenvalue weighted by molar-refractivity contribution is 6.35. The fourth-order valence-corrected chi connectivity index (χ4v) is 1.49. The number of nitrogens with zero attached hydrogens (tertiary/aromatic N) is 3. The van der Waals surface area contributed by atoms with Gasteiger partial charge in [0.15, 0.2) is 5.02 Å². The van der Waals surface area contributed by atoms with E-state index in [1.165, 1.54) is 0 Å². The Morgan fingerprint density at radius 2 is 2.31 bits per heavy atom. The highest BCUT2D eigenvalue weighted by Gasteiger charge is 2.29. The molecule has 1 aromatic heterocycles. The smallest absolute Gasteiger partial charge is 0.364 e. The molecule has 88 valence electrons. The summed E-state index contributed by atoms with van der Waals surface area (Å²) < 4.78 is 1.02. The van der Waals surface area contributed by atoms with Gasteiger partial charge >= 0.3 is 11.8 Å². The molecule has 0 unspecified atom stereocenters. The first-order valence-corrected chi connectivity index (χ1v) is 5.00. The second-order valence-electron chi connectivity index (χ2n) is 3.13. The summed E-state index contributed by atoms with van der Waals surface area (Å²) in [6, 6.07) is 0. The highest BCUT2D eigenvalue weighted by atomic mass is 35.5. The van der Waals surface area contributed by atoms with Gasteiger partial charge in [-0.25, -0.2) is 4.79 Å². The van der Waals surface area contributed by atoms with Crippen LogP contribution in [0.25, 0.3) is 0 Å². The molecule has 0 atom stereocenters. The summed E-state index contributed by atoms with van der Waals surface area (Å²) in [6.07, 6.45) is 1.48. The first-order chi connectivity index (χ1) is 7.49. The van der Waals surface area contributed by atoms with Crippen molar-refractivity contribution >= 4 is 23.4 Å². The summed E-state index contributed by atoms with van der Waals surface area (Å²) in [6.45, 7) is 2.19. The minimum Gasteiger partial charge on any atom is -0.476 e. The number of aryl methyl sites for hydroxylation is 1. The van der Waals surface area contributed by atoms with Gasteiger partial charge in [-0.05, 0) is 11.3 Å². The molecule has 0 fully saturated rings. The predicted molar refractivity (Wildman–Crippen MR) is 55.8 cm³/mol. The molecule has 0 saturated heterocycles. The lowest BCUT2D eigenvalue weighted by Crippen LogP contribution is -2.06. The highest BCUT2D eigenvalue weighted by Crippen LogP contribution is 2.28. The van der Waals surface area contributed by atoms with Gasteiger partial charge in [0.05, 0.1) is 0 Å². The number of carboxylic acid groups (broad SMARTS) is 1. The van der Waals surface area contributed by atoms with Crippen molar-refractivity contribution < 1.29 is 14.8 Å². The molecule has 8 heteroatoms. The van der Waals surface area contributed by atoms with Crippen LogP contribution in [-0.2, 0) is 6.54 Å². The van der Waals surface area contributed by atoms with Crippen LogP contribution in [0.1, 0.15) is 30.3 Å². The third kappa shape index (κ3) is 2.30. The Balaban J connectivity index is 3.20. The molecule has 1 N–H and O–H groups in total. The van der Waals surface area contributed by atoms with Crippen molar-refractivity contribution in [3.63, 3.8) is 0 Å². The van der Waals surface area contributed by atoms with Crippen molar-refractivity contribution in [2.24, 2.45) is 0 Å². The van der Waals surface area contributed by atoms with E-state index in [2.05, 4.69) is 5.10 Å². The number of carbonyl (C=O) groups is 1. The van der Waals surface area contributed by atoms with Gasteiger partial charge < -0.3 is 15.2 Å². The molecule has 1 aromatic rings. The molecule has 7 nitrogen and oxygen atoms in total. The van der Waals surface area contributed by atoms with Gasteiger partial charge in [0.25, 0.3) is 0 Å². The number of unbranched alkanes of at least 4 members (excludes halogenated alkanes) is 1. The summed E-state index contributed by atoms with van der Waals surface area (Å²) in [5, 5.41) is 22.6. The molecule has 0 aromatic carbocycles. The summed E-state index contributed by atoms with van der Waals surface area (Å²) in [4.78, 5) is 20.7. The molecule has 0 aliphatic heterocycles. The monoisotopic (exact) mass is 247 g/mol. The zero-order valence-corrected chi connectivity index (χ0v) is 9.27. The quantitative estimate of drug-likeness (QED) is 0.633. The molecular weight excluding hydrogens is 238 g/mol. The Kier molecular flexibility index (Phi) is 3.83. The number of nitro groups is 1. The van der Waals surface area contributed by atoms with Gasteiger partial charge in [-0.2, -0.15) is 0 Å². The standard InChI is InChI=1S/C8H10ClN3O4/c1-2-3-4-11-7(12(15)16)5(9)6(10-11)8(13)14/h2-4H2,1H3,(H,13,14). The first kappa shape index (κ1) is 12.4. The van der Waals surface area contributed by atoms with Crippen LogP contribution in [0.3, 0.4) is 0 Å².